The fraction of sp³-hybridized carbons (Fsp3) is 1.00. The van der Waals surface area contributed by atoms with Gasteiger partial charge in [-0.25, -0.2) is 8.42 Å². The highest BCUT2D eigenvalue weighted by Gasteiger charge is 2.20. The monoisotopic (exact) mass is 269 g/mol. The van der Waals surface area contributed by atoms with E-state index in [1.54, 1.807) is 0 Å². The first-order valence-electron chi connectivity index (χ1n) is 5.82. The Kier molecular flexibility index (Phi) is 9.66. The summed E-state index contributed by atoms with van der Waals surface area (Å²) in [6, 6.07) is 0. The number of hydrogen-bond acceptors (Lipinski definition) is 5. The van der Waals surface area contributed by atoms with Crippen LogP contribution in [0.3, 0.4) is 0 Å². The molecule has 0 aliphatic rings. The molecule has 0 aromatic carbocycles. The van der Waals surface area contributed by atoms with E-state index in [9.17, 15) is 8.42 Å². The molecule has 7 heteroatoms. The largest absolute Gasteiger partial charge is 0.395 e. The number of nitrogens with zero attached hydrogens (tertiary/aromatic N) is 1. The molecule has 0 aromatic rings. The number of hydrogen-bond donors (Lipinski definition) is 1. The molecule has 1 N–H and O–H groups in total. The van der Waals surface area contributed by atoms with Gasteiger partial charge >= 0.3 is 0 Å². The summed E-state index contributed by atoms with van der Waals surface area (Å²) in [7, 11) is -3.41. The standard InChI is InChI=1S/C10H23NO5S/c1-3-15-8-5-11(6-9-16-4-2)17(13,14)10-7-12/h12H,3-10H2,1-2H3. The number of sulfonamides is 1. The fourth-order valence-electron chi connectivity index (χ4n) is 1.26. The lowest BCUT2D eigenvalue weighted by Gasteiger charge is -2.21. The Bertz CT molecular complexity index is 258. The fourth-order valence-corrected chi connectivity index (χ4v) is 2.45. The summed E-state index contributed by atoms with van der Waals surface area (Å²) in [5.41, 5.74) is 0. The first-order valence-corrected chi connectivity index (χ1v) is 7.43. The van der Waals surface area contributed by atoms with Crippen LogP contribution >= 0.6 is 0 Å². The molecule has 0 amide bonds. The first kappa shape index (κ1) is 16.8. The van der Waals surface area contributed by atoms with Crippen LogP contribution in [0.5, 0.6) is 0 Å². The minimum Gasteiger partial charge on any atom is -0.395 e. The van der Waals surface area contributed by atoms with Gasteiger partial charge < -0.3 is 14.6 Å². The van der Waals surface area contributed by atoms with Gasteiger partial charge in [0.05, 0.1) is 25.6 Å². The average molecular weight is 269 g/mol. The smallest absolute Gasteiger partial charge is 0.216 e. The molecule has 0 spiro atoms. The molecule has 0 aliphatic heterocycles. The Labute approximate surface area is 104 Å². The van der Waals surface area contributed by atoms with E-state index in [1.165, 1.54) is 4.31 Å². The second-order valence-electron chi connectivity index (χ2n) is 3.33. The van der Waals surface area contributed by atoms with Crippen LogP contribution < -0.4 is 0 Å². The van der Waals surface area contributed by atoms with E-state index in [4.69, 9.17) is 14.6 Å². The predicted molar refractivity (Wildman–Crippen MR) is 65.4 cm³/mol. The summed E-state index contributed by atoms with van der Waals surface area (Å²) in [4.78, 5) is 0. The second-order valence-corrected chi connectivity index (χ2v) is 5.42. The molecular weight excluding hydrogens is 246 g/mol. The van der Waals surface area contributed by atoms with Crippen molar-refractivity contribution in [3.63, 3.8) is 0 Å². The van der Waals surface area contributed by atoms with Crippen LogP contribution in [0.25, 0.3) is 0 Å². The van der Waals surface area contributed by atoms with Crippen molar-refractivity contribution in [2.45, 2.75) is 13.8 Å². The predicted octanol–water partition coefficient (Wildman–Crippen LogP) is -0.316. The lowest BCUT2D eigenvalue weighted by molar-refractivity contribution is 0.110. The van der Waals surface area contributed by atoms with Gasteiger partial charge in [0.15, 0.2) is 0 Å². The zero-order valence-corrected chi connectivity index (χ0v) is 11.4. The number of aliphatic hydroxyl groups excluding tert-OH is 1. The molecule has 6 nitrogen and oxygen atoms in total. The van der Waals surface area contributed by atoms with E-state index in [-0.39, 0.29) is 12.4 Å². The third-order valence-electron chi connectivity index (χ3n) is 2.12. The van der Waals surface area contributed by atoms with Crippen LogP contribution in [0.1, 0.15) is 13.8 Å². The Balaban J connectivity index is 4.27. The molecule has 0 rings (SSSR count). The molecule has 0 fully saturated rings. The van der Waals surface area contributed by atoms with Crippen molar-refractivity contribution in [3.8, 4) is 0 Å². The number of rotatable bonds is 11. The minimum absolute atomic E-state index is 0.259. The zero-order chi connectivity index (χ0) is 13.1. The molecule has 0 aliphatic carbocycles. The molecular formula is C10H23NO5S. The summed E-state index contributed by atoms with van der Waals surface area (Å²) >= 11 is 0. The van der Waals surface area contributed by atoms with E-state index >= 15 is 0 Å². The van der Waals surface area contributed by atoms with Gasteiger partial charge in [0.2, 0.25) is 10.0 Å². The van der Waals surface area contributed by atoms with Crippen molar-refractivity contribution >= 4 is 10.0 Å². The Hall–Kier alpha value is -0.210. The summed E-state index contributed by atoms with van der Waals surface area (Å²) in [5, 5.41) is 8.73. The van der Waals surface area contributed by atoms with Crippen molar-refractivity contribution in [3.05, 3.63) is 0 Å². The highest BCUT2D eigenvalue weighted by Crippen LogP contribution is 2.01. The van der Waals surface area contributed by atoms with Crippen molar-refractivity contribution in [1.82, 2.24) is 4.31 Å². The van der Waals surface area contributed by atoms with Crippen LogP contribution in [0.15, 0.2) is 0 Å². The molecule has 0 atom stereocenters. The summed E-state index contributed by atoms with van der Waals surface area (Å²) in [6.45, 7) is 5.74. The molecule has 0 aromatic heterocycles. The molecule has 0 unspecified atom stereocenters. The molecule has 0 saturated heterocycles. The van der Waals surface area contributed by atoms with Crippen molar-refractivity contribution < 1.29 is 23.0 Å². The Morgan fingerprint density at radius 3 is 1.88 bits per heavy atom. The molecule has 104 valence electrons. The van der Waals surface area contributed by atoms with Crippen LogP contribution in [-0.4, -0.2) is 69.7 Å². The van der Waals surface area contributed by atoms with E-state index in [0.717, 1.165) is 0 Å². The van der Waals surface area contributed by atoms with Crippen LogP contribution in [0.4, 0.5) is 0 Å². The van der Waals surface area contributed by atoms with E-state index in [0.29, 0.717) is 39.5 Å². The molecule has 0 heterocycles. The minimum atomic E-state index is -3.41. The lowest BCUT2D eigenvalue weighted by atomic mass is 10.6. The van der Waals surface area contributed by atoms with Crippen molar-refractivity contribution in [2.75, 3.05) is 51.9 Å². The van der Waals surface area contributed by atoms with Gasteiger partial charge in [-0.3, -0.25) is 0 Å². The highest BCUT2D eigenvalue weighted by molar-refractivity contribution is 7.89. The number of aliphatic hydroxyl groups is 1. The van der Waals surface area contributed by atoms with Crippen molar-refractivity contribution in [1.29, 1.82) is 0 Å². The SMILES string of the molecule is CCOCCN(CCOCC)S(=O)(=O)CCO. The molecule has 17 heavy (non-hydrogen) atoms. The van der Waals surface area contributed by atoms with Crippen LogP contribution in [-0.2, 0) is 19.5 Å². The lowest BCUT2D eigenvalue weighted by Crippen LogP contribution is -2.38. The average Bonchev–Trinajstić information content (AvgIpc) is 2.27. The van der Waals surface area contributed by atoms with Gasteiger partial charge in [0.1, 0.15) is 0 Å². The Morgan fingerprint density at radius 2 is 1.53 bits per heavy atom. The topological polar surface area (TPSA) is 76.1 Å². The third kappa shape index (κ3) is 7.67. The van der Waals surface area contributed by atoms with Gasteiger partial charge in [-0.05, 0) is 13.8 Å². The second kappa shape index (κ2) is 9.78. The van der Waals surface area contributed by atoms with Crippen molar-refractivity contribution in [2.24, 2.45) is 0 Å². The summed E-state index contributed by atoms with van der Waals surface area (Å²) in [5.74, 6) is -0.259. The molecule has 0 bridgehead atoms. The van der Waals surface area contributed by atoms with E-state index in [1.807, 2.05) is 13.8 Å². The zero-order valence-electron chi connectivity index (χ0n) is 10.6. The molecule has 0 saturated carbocycles. The maximum absolute atomic E-state index is 11.8. The highest BCUT2D eigenvalue weighted by atomic mass is 32.2. The third-order valence-corrected chi connectivity index (χ3v) is 3.97. The maximum atomic E-state index is 11.8. The maximum Gasteiger partial charge on any atom is 0.216 e. The quantitative estimate of drug-likeness (QED) is 0.520. The van der Waals surface area contributed by atoms with E-state index in [2.05, 4.69) is 0 Å². The first-order chi connectivity index (χ1) is 8.08. The normalized spacial score (nSPS) is 12.2. The summed E-state index contributed by atoms with van der Waals surface area (Å²) < 4.78 is 35.1. The van der Waals surface area contributed by atoms with Gasteiger partial charge in [0, 0.05) is 26.3 Å². The van der Waals surface area contributed by atoms with Gasteiger partial charge in [-0.1, -0.05) is 0 Å². The number of ether oxygens (including phenoxy) is 2. The molecule has 0 radical (unpaired) electrons. The van der Waals surface area contributed by atoms with Crippen LogP contribution in [0.2, 0.25) is 0 Å². The summed E-state index contributed by atoms with van der Waals surface area (Å²) in [6.07, 6.45) is 0. The van der Waals surface area contributed by atoms with Gasteiger partial charge in [-0.2, -0.15) is 4.31 Å². The van der Waals surface area contributed by atoms with E-state index < -0.39 is 10.0 Å². The van der Waals surface area contributed by atoms with Crippen LogP contribution in [0, 0.1) is 0 Å². The Morgan fingerprint density at radius 1 is 1.06 bits per heavy atom. The van der Waals surface area contributed by atoms with Gasteiger partial charge in [0.25, 0.3) is 0 Å². The van der Waals surface area contributed by atoms with Gasteiger partial charge in [-0.15, -0.1) is 0 Å².